The number of nitrogens with zero attached hydrogens (tertiary/aromatic N) is 1. The second-order valence-corrected chi connectivity index (χ2v) is 4.95. The Kier molecular flexibility index (Phi) is 4.13. The minimum atomic E-state index is -4.39. The zero-order chi connectivity index (χ0) is 13.2. The van der Waals surface area contributed by atoms with E-state index < -0.39 is 18.6 Å². The maximum atomic E-state index is 11.9. The molecule has 0 bridgehead atoms. The minimum Gasteiger partial charge on any atom is -0.342 e. The molecule has 1 aromatic heterocycles. The Morgan fingerprint density at radius 2 is 2.06 bits per heavy atom. The zero-order valence-corrected chi connectivity index (χ0v) is 10.5. The van der Waals surface area contributed by atoms with Crippen molar-refractivity contribution in [3.8, 4) is 0 Å². The summed E-state index contributed by atoms with van der Waals surface area (Å²) in [5.41, 5.74) is 0.471. The molecule has 0 aliphatic carbocycles. The normalized spacial score (nSPS) is 11.9. The molecule has 0 radical (unpaired) electrons. The Labute approximate surface area is 101 Å². The molecule has 96 valence electrons. The summed E-state index contributed by atoms with van der Waals surface area (Å²) in [7, 11) is 0. The van der Waals surface area contributed by atoms with E-state index in [9.17, 15) is 18.0 Å². The third-order valence-electron chi connectivity index (χ3n) is 1.96. The Morgan fingerprint density at radius 1 is 1.47 bits per heavy atom. The second-order valence-electron chi connectivity index (χ2n) is 3.92. The molecule has 0 aromatic carbocycles. The number of carbonyl (C=O) groups excluding carboxylic acids is 1. The van der Waals surface area contributed by atoms with E-state index in [-0.39, 0.29) is 10.8 Å². The lowest BCUT2D eigenvalue weighted by Gasteiger charge is -2.07. The highest BCUT2D eigenvalue weighted by atomic mass is 32.1. The van der Waals surface area contributed by atoms with Crippen molar-refractivity contribution in [2.24, 2.45) is 0 Å². The van der Waals surface area contributed by atoms with Crippen LogP contribution in [-0.2, 0) is 0 Å². The topological polar surface area (TPSA) is 42.0 Å². The molecule has 1 heterocycles. The van der Waals surface area contributed by atoms with Gasteiger partial charge in [0.25, 0.3) is 5.91 Å². The van der Waals surface area contributed by atoms with Gasteiger partial charge >= 0.3 is 6.18 Å². The molecule has 0 aliphatic heterocycles. The van der Waals surface area contributed by atoms with Crippen molar-refractivity contribution in [1.82, 2.24) is 10.3 Å². The van der Waals surface area contributed by atoms with E-state index >= 15 is 0 Å². The number of amides is 1. The number of carbonyl (C=O) groups is 1. The monoisotopic (exact) mass is 266 g/mol. The number of aryl methyl sites for hydroxylation is 1. The van der Waals surface area contributed by atoms with Crippen molar-refractivity contribution < 1.29 is 18.0 Å². The molecule has 0 unspecified atom stereocenters. The summed E-state index contributed by atoms with van der Waals surface area (Å²) in [5.74, 6) is -0.563. The van der Waals surface area contributed by atoms with Crippen LogP contribution in [0, 0.1) is 6.92 Å². The fourth-order valence-corrected chi connectivity index (χ4v) is 2.12. The van der Waals surface area contributed by atoms with E-state index in [1.807, 2.05) is 19.2 Å². The van der Waals surface area contributed by atoms with Crippen LogP contribution in [-0.4, -0.2) is 23.6 Å². The summed E-state index contributed by atoms with van der Waals surface area (Å²) in [6.45, 7) is 4.12. The summed E-state index contributed by atoms with van der Waals surface area (Å²) in [4.78, 5) is 15.9. The molecule has 1 aromatic rings. The number of rotatable bonds is 3. The SMILES string of the molecule is Cc1nc(C(C)C)sc1C(=O)NCC(F)(F)F. The minimum absolute atomic E-state index is 0.155. The van der Waals surface area contributed by atoms with Gasteiger partial charge in [-0.1, -0.05) is 13.8 Å². The second kappa shape index (κ2) is 5.03. The maximum Gasteiger partial charge on any atom is 0.405 e. The predicted molar refractivity (Wildman–Crippen MR) is 59.3 cm³/mol. The van der Waals surface area contributed by atoms with E-state index in [2.05, 4.69) is 4.98 Å². The number of alkyl halides is 3. The molecule has 17 heavy (non-hydrogen) atoms. The Hall–Kier alpha value is -1.11. The van der Waals surface area contributed by atoms with Crippen LogP contribution in [0.25, 0.3) is 0 Å². The van der Waals surface area contributed by atoms with Gasteiger partial charge in [-0.2, -0.15) is 13.2 Å². The lowest BCUT2D eigenvalue weighted by atomic mass is 10.2. The summed E-state index contributed by atoms with van der Waals surface area (Å²) in [5, 5.41) is 2.59. The molecule has 0 saturated heterocycles. The molecule has 0 saturated carbocycles. The summed E-state index contributed by atoms with van der Waals surface area (Å²) in [6, 6.07) is 0. The molecule has 0 fully saturated rings. The van der Waals surface area contributed by atoms with Gasteiger partial charge in [-0.25, -0.2) is 4.98 Å². The molecule has 1 rings (SSSR count). The predicted octanol–water partition coefficient (Wildman–Crippen LogP) is 2.87. The molecule has 0 aliphatic rings. The summed E-state index contributed by atoms with van der Waals surface area (Å²) >= 11 is 1.14. The van der Waals surface area contributed by atoms with Crippen LogP contribution < -0.4 is 5.32 Å². The standard InChI is InChI=1S/C10H13F3N2OS/c1-5(2)9-15-6(3)7(17-9)8(16)14-4-10(11,12)13/h5H,4H2,1-3H3,(H,14,16). The molecule has 0 atom stereocenters. The van der Waals surface area contributed by atoms with E-state index in [0.29, 0.717) is 5.69 Å². The first kappa shape index (κ1) is 14.0. The smallest absolute Gasteiger partial charge is 0.342 e. The third kappa shape index (κ3) is 3.99. The zero-order valence-electron chi connectivity index (χ0n) is 9.68. The molecular weight excluding hydrogens is 253 g/mol. The number of hydrogen-bond acceptors (Lipinski definition) is 3. The van der Waals surface area contributed by atoms with Crippen molar-refractivity contribution >= 4 is 17.2 Å². The van der Waals surface area contributed by atoms with E-state index in [1.54, 1.807) is 6.92 Å². The van der Waals surface area contributed by atoms with Gasteiger partial charge in [0.1, 0.15) is 11.4 Å². The van der Waals surface area contributed by atoms with Crippen molar-refractivity contribution in [2.75, 3.05) is 6.54 Å². The van der Waals surface area contributed by atoms with Gasteiger partial charge < -0.3 is 5.32 Å². The quantitative estimate of drug-likeness (QED) is 0.914. The van der Waals surface area contributed by atoms with Crippen LogP contribution in [0.15, 0.2) is 0 Å². The molecule has 1 amide bonds. The first-order chi connectivity index (χ1) is 7.70. The first-order valence-electron chi connectivity index (χ1n) is 5.03. The highest BCUT2D eigenvalue weighted by molar-refractivity contribution is 7.13. The number of hydrogen-bond donors (Lipinski definition) is 1. The van der Waals surface area contributed by atoms with Crippen LogP contribution >= 0.6 is 11.3 Å². The Bertz CT molecular complexity index is 412. The Morgan fingerprint density at radius 3 is 2.47 bits per heavy atom. The lowest BCUT2D eigenvalue weighted by molar-refractivity contribution is -0.123. The van der Waals surface area contributed by atoms with Crippen molar-refractivity contribution in [3.05, 3.63) is 15.6 Å². The maximum absolute atomic E-state index is 11.9. The van der Waals surface area contributed by atoms with Gasteiger partial charge in [0.2, 0.25) is 0 Å². The number of aromatic nitrogens is 1. The van der Waals surface area contributed by atoms with Gasteiger partial charge in [-0.05, 0) is 6.92 Å². The lowest BCUT2D eigenvalue weighted by Crippen LogP contribution is -2.33. The third-order valence-corrected chi connectivity index (χ3v) is 3.42. The largest absolute Gasteiger partial charge is 0.405 e. The summed E-state index contributed by atoms with van der Waals surface area (Å²) in [6.07, 6.45) is -4.39. The van der Waals surface area contributed by atoms with Gasteiger partial charge in [0.15, 0.2) is 0 Å². The van der Waals surface area contributed by atoms with Gasteiger partial charge in [0.05, 0.1) is 10.7 Å². The van der Waals surface area contributed by atoms with Crippen molar-refractivity contribution in [2.45, 2.75) is 32.9 Å². The highest BCUT2D eigenvalue weighted by Gasteiger charge is 2.28. The van der Waals surface area contributed by atoms with Crippen LogP contribution in [0.2, 0.25) is 0 Å². The van der Waals surface area contributed by atoms with Crippen molar-refractivity contribution in [3.63, 3.8) is 0 Å². The van der Waals surface area contributed by atoms with Gasteiger partial charge in [0, 0.05) is 5.92 Å². The van der Waals surface area contributed by atoms with Gasteiger partial charge in [-0.15, -0.1) is 11.3 Å². The van der Waals surface area contributed by atoms with Crippen LogP contribution in [0.4, 0.5) is 13.2 Å². The Balaban J connectivity index is 2.76. The van der Waals surface area contributed by atoms with E-state index in [4.69, 9.17) is 0 Å². The first-order valence-corrected chi connectivity index (χ1v) is 5.84. The molecule has 3 nitrogen and oxygen atoms in total. The van der Waals surface area contributed by atoms with E-state index in [1.165, 1.54) is 0 Å². The van der Waals surface area contributed by atoms with Gasteiger partial charge in [-0.3, -0.25) is 4.79 Å². The molecule has 7 heteroatoms. The fraction of sp³-hybridized carbons (Fsp3) is 0.600. The van der Waals surface area contributed by atoms with Crippen LogP contribution in [0.5, 0.6) is 0 Å². The molecule has 1 N–H and O–H groups in total. The average molecular weight is 266 g/mol. The summed E-state index contributed by atoms with van der Waals surface area (Å²) < 4.78 is 35.8. The number of nitrogens with one attached hydrogen (secondary N) is 1. The number of thiazole rings is 1. The van der Waals surface area contributed by atoms with Crippen LogP contribution in [0.3, 0.4) is 0 Å². The molecule has 0 spiro atoms. The molecular formula is C10H13F3N2OS. The number of halogens is 3. The average Bonchev–Trinajstić information content (AvgIpc) is 2.56. The van der Waals surface area contributed by atoms with Crippen molar-refractivity contribution in [1.29, 1.82) is 0 Å². The van der Waals surface area contributed by atoms with E-state index in [0.717, 1.165) is 16.3 Å². The van der Waals surface area contributed by atoms with Crippen LogP contribution in [0.1, 0.15) is 40.1 Å². The fourth-order valence-electron chi connectivity index (χ4n) is 1.14. The highest BCUT2D eigenvalue weighted by Crippen LogP contribution is 2.24.